The molecular weight excluding hydrogens is 314 g/mol. The molecule has 0 radical (unpaired) electrons. The zero-order valence-corrected chi connectivity index (χ0v) is 11.9. The topological polar surface area (TPSA) is 57.8 Å². The third kappa shape index (κ3) is 3.20. The number of aromatic nitrogens is 2. The van der Waals surface area contributed by atoms with Crippen LogP contribution in [0.15, 0.2) is 24.5 Å². The molecule has 8 heteroatoms. The van der Waals surface area contributed by atoms with Crippen molar-refractivity contribution in [3.63, 3.8) is 0 Å². The number of aromatic amines is 1. The predicted molar refractivity (Wildman–Crippen MR) is 74.3 cm³/mol. The Morgan fingerprint density at radius 3 is 2.78 bits per heavy atom. The van der Waals surface area contributed by atoms with E-state index in [4.69, 9.17) is 0 Å². The van der Waals surface area contributed by atoms with Crippen LogP contribution in [0.2, 0.25) is 0 Å². The normalized spacial score (nSPS) is 17.7. The molecule has 0 bridgehead atoms. The minimum absolute atomic E-state index is 0.126. The maximum atomic E-state index is 13.8. The number of fused-ring (bicyclic) bond motifs is 1. The second-order valence-corrected chi connectivity index (χ2v) is 5.43. The van der Waals surface area contributed by atoms with Gasteiger partial charge in [-0.15, -0.1) is 0 Å². The smallest absolute Gasteiger partial charge is 0.357 e. The molecule has 2 aromatic rings. The Kier molecular flexibility index (Phi) is 3.83. The lowest BCUT2D eigenvalue weighted by Gasteiger charge is -2.23. The van der Waals surface area contributed by atoms with Gasteiger partial charge in [-0.3, -0.25) is 9.78 Å². The molecule has 122 valence electrons. The third-order valence-electron chi connectivity index (χ3n) is 3.85. The van der Waals surface area contributed by atoms with E-state index in [1.165, 1.54) is 18.3 Å². The van der Waals surface area contributed by atoms with Crippen molar-refractivity contribution in [2.45, 2.75) is 24.9 Å². The van der Waals surface area contributed by atoms with Gasteiger partial charge in [0.25, 0.3) is 5.91 Å². The van der Waals surface area contributed by atoms with E-state index in [9.17, 15) is 22.4 Å². The molecule has 1 unspecified atom stereocenters. The van der Waals surface area contributed by atoms with Crippen LogP contribution in [-0.2, 0) is 0 Å². The van der Waals surface area contributed by atoms with E-state index in [0.717, 1.165) is 6.20 Å². The molecule has 1 atom stereocenters. The average Bonchev–Trinajstić information content (AvgIpc) is 2.92. The van der Waals surface area contributed by atoms with Crippen LogP contribution in [0.5, 0.6) is 0 Å². The van der Waals surface area contributed by atoms with Crippen molar-refractivity contribution in [1.82, 2.24) is 15.3 Å². The lowest BCUT2D eigenvalue weighted by molar-refractivity contribution is -0.136. The molecule has 4 nitrogen and oxygen atoms in total. The maximum absolute atomic E-state index is 13.8. The Morgan fingerprint density at radius 1 is 1.30 bits per heavy atom. The first kappa shape index (κ1) is 15.5. The van der Waals surface area contributed by atoms with E-state index < -0.39 is 24.3 Å². The van der Waals surface area contributed by atoms with Gasteiger partial charge in [0.15, 0.2) is 5.82 Å². The third-order valence-corrected chi connectivity index (χ3v) is 3.85. The molecule has 0 aromatic carbocycles. The molecule has 2 N–H and O–H groups in total. The molecule has 23 heavy (non-hydrogen) atoms. The maximum Gasteiger partial charge on any atom is 0.389 e. The largest absolute Gasteiger partial charge is 0.389 e. The highest BCUT2D eigenvalue weighted by Gasteiger charge is 2.33. The van der Waals surface area contributed by atoms with Crippen LogP contribution >= 0.6 is 0 Å². The zero-order chi connectivity index (χ0) is 16.6. The molecule has 3 rings (SSSR count). The van der Waals surface area contributed by atoms with Crippen molar-refractivity contribution in [2.75, 3.05) is 6.54 Å². The van der Waals surface area contributed by atoms with Crippen LogP contribution in [0.25, 0.3) is 11.3 Å². The Hall–Kier alpha value is -2.38. The fourth-order valence-corrected chi connectivity index (χ4v) is 2.72. The van der Waals surface area contributed by atoms with E-state index in [0.29, 0.717) is 11.4 Å². The van der Waals surface area contributed by atoms with Gasteiger partial charge in [-0.1, -0.05) is 0 Å². The minimum Gasteiger partial charge on any atom is -0.357 e. The van der Waals surface area contributed by atoms with Gasteiger partial charge < -0.3 is 10.3 Å². The first-order valence-corrected chi connectivity index (χ1v) is 7.03. The fraction of sp³-hybridized carbons (Fsp3) is 0.333. The molecular formula is C15H13F4N3O. The van der Waals surface area contributed by atoms with Crippen molar-refractivity contribution in [3.05, 3.63) is 41.6 Å². The van der Waals surface area contributed by atoms with Crippen molar-refractivity contribution in [2.24, 2.45) is 0 Å². The number of hydrogen-bond acceptors (Lipinski definition) is 2. The Morgan fingerprint density at radius 2 is 2.09 bits per heavy atom. The first-order valence-electron chi connectivity index (χ1n) is 7.03. The fourth-order valence-electron chi connectivity index (χ4n) is 2.72. The Balaban J connectivity index is 1.94. The summed E-state index contributed by atoms with van der Waals surface area (Å²) in [5.41, 5.74) is 1.25. The number of carbonyl (C=O) groups excluding carboxylic acids is 1. The van der Waals surface area contributed by atoms with Crippen molar-refractivity contribution in [3.8, 4) is 11.3 Å². The van der Waals surface area contributed by atoms with Gasteiger partial charge in [0, 0.05) is 42.0 Å². The number of alkyl halides is 3. The van der Waals surface area contributed by atoms with Crippen molar-refractivity contribution >= 4 is 5.91 Å². The molecule has 3 heterocycles. The quantitative estimate of drug-likeness (QED) is 0.849. The second kappa shape index (κ2) is 5.68. The van der Waals surface area contributed by atoms with Crippen molar-refractivity contribution < 1.29 is 22.4 Å². The summed E-state index contributed by atoms with van der Waals surface area (Å²) in [5, 5.41) is 2.57. The van der Waals surface area contributed by atoms with Gasteiger partial charge >= 0.3 is 6.18 Å². The first-order chi connectivity index (χ1) is 10.8. The molecule has 1 aliphatic rings. The molecule has 0 fully saturated rings. The van der Waals surface area contributed by atoms with Crippen molar-refractivity contribution in [1.29, 1.82) is 0 Å². The molecule has 0 saturated carbocycles. The van der Waals surface area contributed by atoms with E-state index in [2.05, 4.69) is 15.3 Å². The summed E-state index contributed by atoms with van der Waals surface area (Å²) < 4.78 is 51.1. The minimum atomic E-state index is -4.26. The molecule has 0 saturated heterocycles. The standard InChI is InChI=1S/C15H13F4N3O/c16-11-7-20-4-2-9(11)12-5-10-13(22-12)8(6-21-14(10)23)1-3-15(17,18)19/h2,4-5,7-8,22H,1,3,6H2,(H,21,23). The molecule has 2 aromatic heterocycles. The molecule has 1 aliphatic heterocycles. The number of rotatable bonds is 3. The molecule has 0 aliphatic carbocycles. The number of pyridine rings is 1. The predicted octanol–water partition coefficient (Wildman–Crippen LogP) is 3.39. The van der Waals surface area contributed by atoms with Crippen LogP contribution in [0, 0.1) is 5.82 Å². The van der Waals surface area contributed by atoms with Crippen LogP contribution in [0.3, 0.4) is 0 Å². The van der Waals surface area contributed by atoms with Gasteiger partial charge in [0.2, 0.25) is 0 Å². The molecule has 1 amide bonds. The monoisotopic (exact) mass is 327 g/mol. The van der Waals surface area contributed by atoms with Crippen LogP contribution in [-0.4, -0.2) is 28.6 Å². The highest BCUT2D eigenvalue weighted by atomic mass is 19.4. The SMILES string of the molecule is O=C1NCC(CCC(F)(F)F)c2[nH]c(-c3ccncc3F)cc21. The summed E-state index contributed by atoms with van der Waals surface area (Å²) in [6.07, 6.45) is -2.90. The van der Waals surface area contributed by atoms with Gasteiger partial charge in [-0.05, 0) is 18.6 Å². The summed E-state index contributed by atoms with van der Waals surface area (Å²) in [4.78, 5) is 18.5. The Bertz CT molecular complexity index is 739. The lowest BCUT2D eigenvalue weighted by atomic mass is 9.93. The highest BCUT2D eigenvalue weighted by Crippen LogP contribution is 2.34. The number of nitrogens with zero attached hydrogens (tertiary/aromatic N) is 1. The van der Waals surface area contributed by atoms with Gasteiger partial charge in [-0.25, -0.2) is 4.39 Å². The zero-order valence-electron chi connectivity index (χ0n) is 11.9. The second-order valence-electron chi connectivity index (χ2n) is 5.43. The van der Waals surface area contributed by atoms with Gasteiger partial charge in [0.05, 0.1) is 11.8 Å². The van der Waals surface area contributed by atoms with Gasteiger partial charge in [-0.2, -0.15) is 13.2 Å². The number of nitrogens with one attached hydrogen (secondary N) is 2. The number of amides is 1. The van der Waals surface area contributed by atoms with E-state index in [-0.39, 0.29) is 30.0 Å². The Labute approximate surface area is 128 Å². The average molecular weight is 327 g/mol. The summed E-state index contributed by atoms with van der Waals surface area (Å²) in [7, 11) is 0. The number of H-pyrrole nitrogens is 1. The van der Waals surface area contributed by atoms with Crippen LogP contribution in [0.1, 0.15) is 34.8 Å². The summed E-state index contributed by atoms with van der Waals surface area (Å²) in [6, 6.07) is 2.90. The van der Waals surface area contributed by atoms with Gasteiger partial charge in [0.1, 0.15) is 0 Å². The highest BCUT2D eigenvalue weighted by molar-refractivity contribution is 5.98. The van der Waals surface area contributed by atoms with Crippen LogP contribution in [0.4, 0.5) is 17.6 Å². The van der Waals surface area contributed by atoms with Crippen LogP contribution < -0.4 is 5.32 Å². The van der Waals surface area contributed by atoms with E-state index in [1.54, 1.807) is 0 Å². The summed E-state index contributed by atoms with van der Waals surface area (Å²) >= 11 is 0. The summed E-state index contributed by atoms with van der Waals surface area (Å²) in [6.45, 7) is 0.126. The van der Waals surface area contributed by atoms with E-state index >= 15 is 0 Å². The number of halogens is 4. The van der Waals surface area contributed by atoms with E-state index in [1.807, 2.05) is 0 Å². The summed E-state index contributed by atoms with van der Waals surface area (Å²) in [5.74, 6) is -1.43. The number of carbonyl (C=O) groups is 1. The lowest BCUT2D eigenvalue weighted by Crippen LogP contribution is -2.35. The molecule has 0 spiro atoms. The number of hydrogen-bond donors (Lipinski definition) is 2.